The number of hydrogen-bond donors (Lipinski definition) is 1. The van der Waals surface area contributed by atoms with Gasteiger partial charge in [-0.3, -0.25) is 14.4 Å². The van der Waals surface area contributed by atoms with Gasteiger partial charge in [-0.2, -0.15) is 5.10 Å². The van der Waals surface area contributed by atoms with Crippen LogP contribution in [0.15, 0.2) is 40.6 Å². The molecule has 1 unspecified atom stereocenters. The molecule has 0 fully saturated rings. The molecular weight excluding hydrogens is 338 g/mol. The summed E-state index contributed by atoms with van der Waals surface area (Å²) in [6.07, 6.45) is 3.32. The summed E-state index contributed by atoms with van der Waals surface area (Å²) in [6, 6.07) is 5.49. The molecule has 1 N–H and O–H groups in total. The SMILES string of the molecule is Cc1ncsc1CN1Cc2ccnn2C(CNC(=O)c2ccco2)C1. The zero-order valence-corrected chi connectivity index (χ0v) is 14.7. The number of rotatable bonds is 5. The number of thiazole rings is 1. The monoisotopic (exact) mass is 357 g/mol. The highest BCUT2D eigenvalue weighted by Crippen LogP contribution is 2.23. The van der Waals surface area contributed by atoms with Gasteiger partial charge in [0.05, 0.1) is 29.2 Å². The third-order valence-corrected chi connectivity index (χ3v) is 5.33. The molecule has 0 aromatic carbocycles. The van der Waals surface area contributed by atoms with E-state index in [9.17, 15) is 4.79 Å². The minimum atomic E-state index is -0.200. The predicted octanol–water partition coefficient (Wildman–Crippen LogP) is 2.23. The van der Waals surface area contributed by atoms with E-state index in [0.717, 1.165) is 31.0 Å². The van der Waals surface area contributed by atoms with E-state index in [-0.39, 0.29) is 11.9 Å². The topological polar surface area (TPSA) is 76.2 Å². The Labute approximate surface area is 149 Å². The highest BCUT2D eigenvalue weighted by Gasteiger charge is 2.26. The first kappa shape index (κ1) is 16.0. The molecular formula is C17H19N5O2S. The second-order valence-electron chi connectivity index (χ2n) is 6.14. The maximum Gasteiger partial charge on any atom is 0.287 e. The van der Waals surface area contributed by atoms with E-state index in [1.807, 2.05) is 29.4 Å². The smallest absolute Gasteiger partial charge is 0.287 e. The van der Waals surface area contributed by atoms with Crippen LogP contribution < -0.4 is 5.32 Å². The second-order valence-corrected chi connectivity index (χ2v) is 7.08. The van der Waals surface area contributed by atoms with Crippen LogP contribution in [-0.2, 0) is 13.1 Å². The fourth-order valence-electron chi connectivity index (χ4n) is 3.12. The molecule has 1 amide bonds. The molecule has 0 aliphatic carbocycles. The van der Waals surface area contributed by atoms with Crippen molar-refractivity contribution in [3.63, 3.8) is 0 Å². The Bertz CT molecular complexity index is 854. The number of nitrogens with one attached hydrogen (secondary N) is 1. The molecule has 1 atom stereocenters. The Morgan fingerprint density at radius 3 is 3.16 bits per heavy atom. The van der Waals surface area contributed by atoms with E-state index in [1.165, 1.54) is 11.1 Å². The van der Waals surface area contributed by atoms with Crippen LogP contribution in [0.3, 0.4) is 0 Å². The van der Waals surface area contributed by atoms with Crippen LogP contribution in [0.4, 0.5) is 0 Å². The van der Waals surface area contributed by atoms with Gasteiger partial charge in [0.15, 0.2) is 5.76 Å². The standard InChI is InChI=1S/C17H19N5O2S/c1-12-16(25-11-19-12)10-21-8-13-4-5-20-22(13)14(9-21)7-18-17(23)15-3-2-6-24-15/h2-6,11,14H,7-10H2,1H3,(H,18,23). The highest BCUT2D eigenvalue weighted by atomic mass is 32.1. The molecule has 130 valence electrons. The lowest BCUT2D eigenvalue weighted by atomic mass is 10.1. The van der Waals surface area contributed by atoms with Crippen molar-refractivity contribution in [3.05, 3.63) is 58.2 Å². The van der Waals surface area contributed by atoms with Crippen molar-refractivity contribution in [2.75, 3.05) is 13.1 Å². The molecule has 1 aliphatic rings. The van der Waals surface area contributed by atoms with Crippen molar-refractivity contribution < 1.29 is 9.21 Å². The number of nitrogens with zero attached hydrogens (tertiary/aromatic N) is 4. The van der Waals surface area contributed by atoms with Crippen molar-refractivity contribution in [1.29, 1.82) is 0 Å². The molecule has 4 heterocycles. The van der Waals surface area contributed by atoms with Crippen molar-refractivity contribution in [2.45, 2.75) is 26.1 Å². The Morgan fingerprint density at radius 1 is 1.48 bits per heavy atom. The first-order valence-electron chi connectivity index (χ1n) is 8.16. The Morgan fingerprint density at radius 2 is 2.40 bits per heavy atom. The van der Waals surface area contributed by atoms with E-state index in [2.05, 4.69) is 20.3 Å². The zero-order chi connectivity index (χ0) is 17.2. The molecule has 8 heteroatoms. The van der Waals surface area contributed by atoms with Crippen LogP contribution in [0.1, 0.15) is 32.9 Å². The number of furan rings is 1. The Kier molecular flexibility index (Phi) is 4.37. The summed E-state index contributed by atoms with van der Waals surface area (Å²) < 4.78 is 7.16. The van der Waals surface area contributed by atoms with Crippen molar-refractivity contribution in [3.8, 4) is 0 Å². The van der Waals surface area contributed by atoms with Gasteiger partial charge < -0.3 is 9.73 Å². The number of hydrogen-bond acceptors (Lipinski definition) is 6. The van der Waals surface area contributed by atoms with Gasteiger partial charge in [0.2, 0.25) is 0 Å². The number of carbonyl (C=O) groups is 1. The largest absolute Gasteiger partial charge is 0.459 e. The average molecular weight is 357 g/mol. The first-order valence-corrected chi connectivity index (χ1v) is 9.04. The van der Waals surface area contributed by atoms with E-state index in [0.29, 0.717) is 12.3 Å². The van der Waals surface area contributed by atoms with Crippen molar-refractivity contribution in [2.24, 2.45) is 0 Å². The summed E-state index contributed by atoms with van der Waals surface area (Å²) in [5, 5.41) is 7.38. The molecule has 1 aliphatic heterocycles. The summed E-state index contributed by atoms with van der Waals surface area (Å²) >= 11 is 1.69. The third-order valence-electron chi connectivity index (χ3n) is 4.41. The van der Waals surface area contributed by atoms with Gasteiger partial charge in [0.1, 0.15) is 0 Å². The van der Waals surface area contributed by atoms with Crippen LogP contribution in [-0.4, -0.2) is 38.7 Å². The molecule has 0 bridgehead atoms. The molecule has 25 heavy (non-hydrogen) atoms. The number of carbonyl (C=O) groups excluding carboxylic acids is 1. The normalized spacial score (nSPS) is 17.4. The van der Waals surface area contributed by atoms with Gasteiger partial charge >= 0.3 is 0 Å². The van der Waals surface area contributed by atoms with E-state index >= 15 is 0 Å². The summed E-state index contributed by atoms with van der Waals surface area (Å²) in [5.41, 5.74) is 4.14. The third kappa shape index (κ3) is 3.35. The van der Waals surface area contributed by atoms with E-state index in [1.54, 1.807) is 23.5 Å². The molecule has 4 rings (SSSR count). The maximum atomic E-state index is 12.1. The fourth-order valence-corrected chi connectivity index (χ4v) is 3.94. The Hall–Kier alpha value is -2.45. The highest BCUT2D eigenvalue weighted by molar-refractivity contribution is 7.09. The maximum absolute atomic E-state index is 12.1. The minimum absolute atomic E-state index is 0.0888. The number of aromatic nitrogens is 3. The lowest BCUT2D eigenvalue weighted by Crippen LogP contribution is -2.42. The average Bonchev–Trinajstić information content (AvgIpc) is 3.34. The van der Waals surface area contributed by atoms with Crippen molar-refractivity contribution in [1.82, 2.24) is 25.0 Å². The van der Waals surface area contributed by atoms with Gasteiger partial charge in [-0.1, -0.05) is 0 Å². The van der Waals surface area contributed by atoms with Crippen LogP contribution in [0.5, 0.6) is 0 Å². The van der Waals surface area contributed by atoms with Crippen LogP contribution in [0, 0.1) is 6.92 Å². The summed E-state index contributed by atoms with van der Waals surface area (Å²) in [4.78, 5) is 20.1. The minimum Gasteiger partial charge on any atom is -0.459 e. The summed E-state index contributed by atoms with van der Waals surface area (Å²) in [6.45, 7) is 5.09. The lowest BCUT2D eigenvalue weighted by molar-refractivity contribution is 0.0905. The van der Waals surface area contributed by atoms with E-state index < -0.39 is 0 Å². The fraction of sp³-hybridized carbons (Fsp3) is 0.353. The molecule has 7 nitrogen and oxygen atoms in total. The molecule has 3 aromatic heterocycles. The summed E-state index contributed by atoms with van der Waals surface area (Å²) in [5.74, 6) is 0.128. The van der Waals surface area contributed by atoms with Gasteiger partial charge in [-0.25, -0.2) is 4.98 Å². The summed E-state index contributed by atoms with van der Waals surface area (Å²) in [7, 11) is 0. The predicted molar refractivity (Wildman–Crippen MR) is 93.3 cm³/mol. The van der Waals surface area contributed by atoms with Gasteiger partial charge in [-0.15, -0.1) is 11.3 Å². The second kappa shape index (κ2) is 6.81. The molecule has 0 saturated heterocycles. The van der Waals surface area contributed by atoms with E-state index in [4.69, 9.17) is 4.42 Å². The van der Waals surface area contributed by atoms with Crippen LogP contribution >= 0.6 is 11.3 Å². The molecule has 0 spiro atoms. The lowest BCUT2D eigenvalue weighted by Gasteiger charge is -2.33. The molecule has 0 radical (unpaired) electrons. The number of fused-ring (bicyclic) bond motifs is 1. The Balaban J connectivity index is 1.45. The molecule has 0 saturated carbocycles. The van der Waals surface area contributed by atoms with Crippen molar-refractivity contribution >= 4 is 17.2 Å². The number of aryl methyl sites for hydroxylation is 1. The van der Waals surface area contributed by atoms with Crippen LogP contribution in [0.25, 0.3) is 0 Å². The molecule has 3 aromatic rings. The van der Waals surface area contributed by atoms with Gasteiger partial charge in [0, 0.05) is 37.3 Å². The van der Waals surface area contributed by atoms with Gasteiger partial charge in [-0.05, 0) is 25.1 Å². The van der Waals surface area contributed by atoms with Crippen LogP contribution in [0.2, 0.25) is 0 Å². The van der Waals surface area contributed by atoms with Gasteiger partial charge in [0.25, 0.3) is 5.91 Å². The quantitative estimate of drug-likeness (QED) is 0.758. The first-order chi connectivity index (χ1) is 12.2. The zero-order valence-electron chi connectivity index (χ0n) is 13.9. The number of amides is 1.